The minimum atomic E-state index is -1.20. The average molecular weight is 208 g/mol. The number of carbonyl (C=O) groups is 1. The fraction of sp³-hybridized carbons (Fsp3) is 0.600. The molecule has 0 saturated heterocycles. The van der Waals surface area contributed by atoms with Crippen LogP contribution in [0.2, 0.25) is 0 Å². The molecule has 0 bridgehead atoms. The molecule has 0 unspecified atom stereocenters. The van der Waals surface area contributed by atoms with E-state index in [-0.39, 0.29) is 12.3 Å². The zero-order chi connectivity index (χ0) is 11.9. The Labute approximate surface area is 91.0 Å². The molecule has 2 atom stereocenters. The fourth-order valence-electron chi connectivity index (χ4n) is 1.38. The maximum atomic E-state index is 11.3. The second-order valence-electron chi connectivity index (χ2n) is 3.43. The summed E-state index contributed by atoms with van der Waals surface area (Å²) in [5, 5.41) is 16.7. The predicted octanol–water partition coefficient (Wildman–Crippen LogP) is 1.94. The quantitative estimate of drug-likeness (QED) is 0.394. The van der Waals surface area contributed by atoms with Gasteiger partial charge in [-0.05, 0) is 0 Å². The number of nitrogens with zero attached hydrogens (tertiary/aromatic N) is 2. The first kappa shape index (κ1) is 13.7. The normalized spacial score (nSPS) is 16.7. The molecule has 0 spiro atoms. The van der Waals surface area contributed by atoms with Gasteiger partial charge in [0.15, 0.2) is 0 Å². The third kappa shape index (κ3) is 3.11. The van der Waals surface area contributed by atoms with E-state index in [1.165, 1.54) is 7.06 Å². The van der Waals surface area contributed by atoms with E-state index in [2.05, 4.69) is 23.2 Å². The molecule has 5 heteroatoms. The topological polar surface area (TPSA) is 62.0 Å². The van der Waals surface area contributed by atoms with Crippen molar-refractivity contribution in [2.75, 3.05) is 0 Å². The Balaban J connectivity index is 5.23. The van der Waals surface area contributed by atoms with E-state index in [4.69, 9.17) is 0 Å². The number of hydrogen-bond donors (Lipinski definition) is 1. The van der Waals surface area contributed by atoms with Gasteiger partial charge in [-0.1, -0.05) is 0 Å². The van der Waals surface area contributed by atoms with Gasteiger partial charge in [-0.2, -0.15) is 0 Å². The summed E-state index contributed by atoms with van der Waals surface area (Å²) in [7, 11) is 1.24. The number of rotatable bonds is 7. The molecule has 0 aliphatic heterocycles. The molecule has 0 radical (unpaired) electrons. The molecule has 15 heavy (non-hydrogen) atoms. The Morgan fingerprint density at radius 3 is 2.67 bits per heavy atom. The van der Waals surface area contributed by atoms with E-state index in [9.17, 15) is 9.90 Å². The van der Waals surface area contributed by atoms with Crippen LogP contribution in [0.5, 0.6) is 0 Å². The molecule has 0 aromatic carbocycles. The van der Waals surface area contributed by atoms with E-state index in [1.54, 1.807) is 6.08 Å². The van der Waals surface area contributed by atoms with Crippen molar-refractivity contribution in [1.29, 1.82) is 0 Å². The van der Waals surface area contributed by atoms with Gasteiger partial charge >= 0.3 is 90.3 Å². The molecule has 4 nitrogen and oxygen atoms in total. The SMILES string of the molecule is C=BN=N[C@](CC=C)(C(=O)O)[C@H](C)CC. The molecule has 0 aromatic rings. The van der Waals surface area contributed by atoms with Crippen molar-refractivity contribution < 1.29 is 9.90 Å². The molecule has 0 aliphatic rings. The van der Waals surface area contributed by atoms with Gasteiger partial charge in [-0.15, -0.1) is 0 Å². The van der Waals surface area contributed by atoms with Gasteiger partial charge in [-0.25, -0.2) is 0 Å². The standard InChI is InChI=1S/C10H17BN2O2/c1-5-7-10(9(14)15,8(3)6-2)12-13-11-4/h5,8H,1,4,6-7H2,2-3H3,(H,14,15)/t8-,10+/m1/s1. The van der Waals surface area contributed by atoms with Crippen LogP contribution < -0.4 is 0 Å². The summed E-state index contributed by atoms with van der Waals surface area (Å²) in [5.41, 5.74) is -1.20. The number of aliphatic carboxylic acids is 1. The van der Waals surface area contributed by atoms with E-state index >= 15 is 0 Å². The molecule has 82 valence electrons. The second kappa shape index (κ2) is 6.27. The Hall–Kier alpha value is -1.26. The Morgan fingerprint density at radius 2 is 2.33 bits per heavy atom. The van der Waals surface area contributed by atoms with Gasteiger partial charge in [0, 0.05) is 0 Å². The third-order valence-electron chi connectivity index (χ3n) is 2.57. The van der Waals surface area contributed by atoms with Gasteiger partial charge < -0.3 is 0 Å². The summed E-state index contributed by atoms with van der Waals surface area (Å²) in [5.74, 6) is -1.07. The van der Waals surface area contributed by atoms with Crippen LogP contribution in [0.15, 0.2) is 22.8 Å². The van der Waals surface area contributed by atoms with E-state index in [0.29, 0.717) is 0 Å². The van der Waals surface area contributed by atoms with Crippen molar-refractivity contribution in [3.8, 4) is 0 Å². The summed E-state index contributed by atoms with van der Waals surface area (Å²) in [4.78, 5) is 11.3. The molecule has 0 fully saturated rings. The summed E-state index contributed by atoms with van der Waals surface area (Å²) in [6, 6.07) is 0. The van der Waals surface area contributed by atoms with E-state index < -0.39 is 11.5 Å². The molecular formula is C10H17BN2O2. The zero-order valence-corrected chi connectivity index (χ0v) is 9.31. The maximum absolute atomic E-state index is 11.3. The Morgan fingerprint density at radius 1 is 1.73 bits per heavy atom. The first-order valence-electron chi connectivity index (χ1n) is 4.92. The van der Waals surface area contributed by atoms with Gasteiger partial charge in [0.2, 0.25) is 0 Å². The number of carboxylic acid groups (broad SMARTS) is 1. The molecule has 0 heterocycles. The van der Waals surface area contributed by atoms with Crippen molar-refractivity contribution >= 4 is 19.5 Å². The summed E-state index contributed by atoms with van der Waals surface area (Å²) < 4.78 is 0. The van der Waals surface area contributed by atoms with Gasteiger partial charge in [-0.3, -0.25) is 0 Å². The van der Waals surface area contributed by atoms with Gasteiger partial charge in [0.1, 0.15) is 0 Å². The van der Waals surface area contributed by atoms with Crippen molar-refractivity contribution in [2.45, 2.75) is 32.2 Å². The average Bonchev–Trinajstić information content (AvgIpc) is 2.22. The number of carboxylic acids is 1. The van der Waals surface area contributed by atoms with Crippen LogP contribution in [0.4, 0.5) is 0 Å². The first-order valence-corrected chi connectivity index (χ1v) is 4.92. The second-order valence-corrected chi connectivity index (χ2v) is 3.43. The van der Waals surface area contributed by atoms with Crippen molar-refractivity contribution in [3.05, 3.63) is 12.7 Å². The minimum absolute atomic E-state index is 0.100. The predicted molar refractivity (Wildman–Crippen MR) is 62.4 cm³/mol. The molecule has 1 N–H and O–H groups in total. The van der Waals surface area contributed by atoms with Crippen LogP contribution in [0.1, 0.15) is 26.7 Å². The van der Waals surface area contributed by atoms with Gasteiger partial charge in [0.25, 0.3) is 0 Å². The molecule has 0 amide bonds. The number of hydrogen-bond acceptors (Lipinski definition) is 3. The fourth-order valence-corrected chi connectivity index (χ4v) is 1.38. The van der Waals surface area contributed by atoms with Crippen LogP contribution in [-0.2, 0) is 4.79 Å². The molecule has 0 aromatic heterocycles. The van der Waals surface area contributed by atoms with Crippen LogP contribution >= 0.6 is 0 Å². The van der Waals surface area contributed by atoms with E-state index in [1.807, 2.05) is 13.8 Å². The van der Waals surface area contributed by atoms with Gasteiger partial charge in [0.05, 0.1) is 0 Å². The first-order chi connectivity index (χ1) is 7.05. The van der Waals surface area contributed by atoms with E-state index in [0.717, 1.165) is 6.42 Å². The summed E-state index contributed by atoms with van der Waals surface area (Å²) in [6.45, 7) is 10.7. The monoisotopic (exact) mass is 208 g/mol. The molecule has 0 aliphatic carbocycles. The summed E-state index contributed by atoms with van der Waals surface area (Å²) >= 11 is 0. The van der Waals surface area contributed by atoms with Crippen LogP contribution in [-0.4, -0.2) is 30.1 Å². The van der Waals surface area contributed by atoms with Crippen LogP contribution in [0.25, 0.3) is 0 Å². The van der Waals surface area contributed by atoms with Crippen molar-refractivity contribution in [2.24, 2.45) is 16.1 Å². The zero-order valence-electron chi connectivity index (χ0n) is 9.31. The van der Waals surface area contributed by atoms with Crippen molar-refractivity contribution in [1.82, 2.24) is 0 Å². The Kier molecular flexibility index (Phi) is 5.75. The Bertz CT molecular complexity index is 279. The van der Waals surface area contributed by atoms with Crippen LogP contribution in [0, 0.1) is 5.92 Å². The molecule has 0 rings (SSSR count). The van der Waals surface area contributed by atoms with Crippen molar-refractivity contribution in [3.63, 3.8) is 0 Å². The molecule has 0 saturated carbocycles. The van der Waals surface area contributed by atoms with Crippen LogP contribution in [0.3, 0.4) is 0 Å². The third-order valence-corrected chi connectivity index (χ3v) is 2.57. The summed E-state index contributed by atoms with van der Waals surface area (Å²) in [6.07, 6.45) is 2.55. The molecular weight excluding hydrogens is 191 g/mol.